The molecule has 0 aliphatic heterocycles. The van der Waals surface area contributed by atoms with E-state index in [2.05, 4.69) is 15.5 Å². The Kier molecular flexibility index (Phi) is 5.57. The van der Waals surface area contributed by atoms with Crippen LogP contribution in [0.5, 0.6) is 5.75 Å². The third kappa shape index (κ3) is 4.50. The van der Waals surface area contributed by atoms with E-state index in [1.807, 2.05) is 24.3 Å². The standard InChI is InChI=1S/C17H14ClN3O2S2/c1-10(24-17-20-13-4-2-3-5-15(13)25-17)16(23)21-19-9-11-8-12(18)6-7-14(11)22/h2-10,22H,1H3,(H,21,23). The predicted octanol–water partition coefficient (Wildman–Crippen LogP) is 4.29. The summed E-state index contributed by atoms with van der Waals surface area (Å²) in [6, 6.07) is 12.5. The maximum absolute atomic E-state index is 12.1. The number of nitrogens with zero attached hydrogens (tertiary/aromatic N) is 2. The monoisotopic (exact) mass is 391 g/mol. The normalized spacial score (nSPS) is 12.6. The number of halogens is 1. The lowest BCUT2D eigenvalue weighted by atomic mass is 10.2. The number of hydrazone groups is 1. The zero-order valence-electron chi connectivity index (χ0n) is 13.1. The van der Waals surface area contributed by atoms with Crippen LogP contribution in [0.25, 0.3) is 10.2 Å². The largest absolute Gasteiger partial charge is 0.507 e. The van der Waals surface area contributed by atoms with Crippen molar-refractivity contribution in [2.24, 2.45) is 5.10 Å². The zero-order valence-corrected chi connectivity index (χ0v) is 15.5. The quantitative estimate of drug-likeness (QED) is 0.386. The summed E-state index contributed by atoms with van der Waals surface area (Å²) in [6.07, 6.45) is 1.36. The van der Waals surface area contributed by atoms with Gasteiger partial charge in [-0.15, -0.1) is 11.3 Å². The molecule has 2 N–H and O–H groups in total. The topological polar surface area (TPSA) is 74.6 Å². The average Bonchev–Trinajstić information content (AvgIpc) is 3.00. The van der Waals surface area contributed by atoms with E-state index in [0.717, 1.165) is 14.6 Å². The number of fused-ring (bicyclic) bond motifs is 1. The van der Waals surface area contributed by atoms with Gasteiger partial charge in [-0.25, -0.2) is 10.4 Å². The number of benzene rings is 2. The zero-order chi connectivity index (χ0) is 17.8. The van der Waals surface area contributed by atoms with Crippen molar-refractivity contribution in [3.05, 3.63) is 53.1 Å². The molecule has 1 unspecified atom stereocenters. The van der Waals surface area contributed by atoms with E-state index in [-0.39, 0.29) is 16.9 Å². The van der Waals surface area contributed by atoms with Crippen LogP contribution in [0, 0.1) is 0 Å². The summed E-state index contributed by atoms with van der Waals surface area (Å²) >= 11 is 8.80. The van der Waals surface area contributed by atoms with Crippen molar-refractivity contribution >= 4 is 57.0 Å². The maximum Gasteiger partial charge on any atom is 0.253 e. The van der Waals surface area contributed by atoms with E-state index in [1.165, 1.54) is 24.0 Å². The summed E-state index contributed by atoms with van der Waals surface area (Å²) in [6.45, 7) is 1.79. The maximum atomic E-state index is 12.1. The van der Waals surface area contributed by atoms with Gasteiger partial charge in [0.15, 0.2) is 4.34 Å². The number of aromatic nitrogens is 1. The van der Waals surface area contributed by atoms with Gasteiger partial charge >= 0.3 is 0 Å². The molecule has 1 atom stereocenters. The molecule has 0 saturated heterocycles. The molecule has 0 fully saturated rings. The first-order valence-corrected chi connectivity index (χ1v) is 9.44. The third-order valence-electron chi connectivity index (χ3n) is 3.29. The Hall–Kier alpha value is -2.09. The van der Waals surface area contributed by atoms with Crippen LogP contribution in [-0.4, -0.2) is 27.5 Å². The second-order valence-electron chi connectivity index (χ2n) is 5.14. The number of phenols is 1. The van der Waals surface area contributed by atoms with Gasteiger partial charge in [-0.1, -0.05) is 35.5 Å². The molecular weight excluding hydrogens is 378 g/mol. The fraction of sp³-hybridized carbons (Fsp3) is 0.118. The van der Waals surface area contributed by atoms with E-state index in [4.69, 9.17) is 11.6 Å². The molecule has 3 rings (SSSR count). The average molecular weight is 392 g/mol. The number of rotatable bonds is 5. The molecule has 5 nitrogen and oxygen atoms in total. The lowest BCUT2D eigenvalue weighted by Crippen LogP contribution is -2.26. The predicted molar refractivity (Wildman–Crippen MR) is 104 cm³/mol. The molecule has 1 aromatic heterocycles. The molecule has 3 aromatic rings. The fourth-order valence-corrected chi connectivity index (χ4v) is 4.38. The number of nitrogens with one attached hydrogen (secondary N) is 1. The number of carbonyl (C=O) groups is 1. The highest BCUT2D eigenvalue weighted by molar-refractivity contribution is 8.02. The van der Waals surface area contributed by atoms with E-state index >= 15 is 0 Å². The van der Waals surface area contributed by atoms with E-state index in [0.29, 0.717) is 10.6 Å². The van der Waals surface area contributed by atoms with Crippen LogP contribution >= 0.6 is 34.7 Å². The lowest BCUT2D eigenvalue weighted by Gasteiger charge is -2.06. The number of phenolic OH excluding ortho intramolecular Hbond substituents is 1. The van der Waals surface area contributed by atoms with Crippen molar-refractivity contribution in [2.75, 3.05) is 0 Å². The molecule has 2 aromatic carbocycles. The second kappa shape index (κ2) is 7.86. The van der Waals surface area contributed by atoms with Crippen molar-refractivity contribution < 1.29 is 9.90 Å². The Morgan fingerprint density at radius 1 is 1.40 bits per heavy atom. The minimum absolute atomic E-state index is 0.0410. The van der Waals surface area contributed by atoms with Crippen LogP contribution in [-0.2, 0) is 4.79 Å². The van der Waals surface area contributed by atoms with Gasteiger partial charge in [0.05, 0.1) is 21.7 Å². The van der Waals surface area contributed by atoms with Gasteiger partial charge in [0.1, 0.15) is 5.75 Å². The van der Waals surface area contributed by atoms with E-state index in [9.17, 15) is 9.90 Å². The molecule has 0 bridgehead atoms. The number of thiazole rings is 1. The van der Waals surface area contributed by atoms with E-state index < -0.39 is 0 Å². The summed E-state index contributed by atoms with van der Waals surface area (Å²) in [5.41, 5.74) is 3.82. The molecule has 1 amide bonds. The number of hydrogen-bond acceptors (Lipinski definition) is 6. The van der Waals surface area contributed by atoms with E-state index in [1.54, 1.807) is 30.4 Å². The van der Waals surface area contributed by atoms with Gasteiger partial charge in [-0.2, -0.15) is 5.10 Å². The SMILES string of the molecule is CC(Sc1nc2ccccc2s1)C(=O)NN=Cc1cc(Cl)ccc1O. The summed E-state index contributed by atoms with van der Waals surface area (Å²) in [5, 5.41) is 13.7. The Morgan fingerprint density at radius 2 is 2.20 bits per heavy atom. The van der Waals surface area contributed by atoms with Gasteiger partial charge in [0.25, 0.3) is 5.91 Å². The highest BCUT2D eigenvalue weighted by atomic mass is 35.5. The highest BCUT2D eigenvalue weighted by Gasteiger charge is 2.16. The van der Waals surface area contributed by atoms with Crippen LogP contribution in [0.15, 0.2) is 51.9 Å². The molecule has 128 valence electrons. The van der Waals surface area contributed by atoms with Crippen molar-refractivity contribution in [2.45, 2.75) is 16.5 Å². The first-order chi connectivity index (χ1) is 12.0. The molecule has 0 spiro atoms. The molecule has 25 heavy (non-hydrogen) atoms. The Labute approximate surface area is 157 Å². The summed E-state index contributed by atoms with van der Waals surface area (Å²) < 4.78 is 1.92. The molecule has 0 saturated carbocycles. The summed E-state index contributed by atoms with van der Waals surface area (Å²) in [7, 11) is 0. The fourth-order valence-electron chi connectivity index (χ4n) is 1.99. The third-order valence-corrected chi connectivity index (χ3v) is 5.75. The van der Waals surface area contributed by atoms with Crippen molar-refractivity contribution in [3.63, 3.8) is 0 Å². The molecule has 8 heteroatoms. The van der Waals surface area contributed by atoms with Gasteiger partial charge in [-0.3, -0.25) is 4.79 Å². The number of para-hydroxylation sites is 1. The van der Waals surface area contributed by atoms with Crippen LogP contribution in [0.1, 0.15) is 12.5 Å². The minimum Gasteiger partial charge on any atom is -0.507 e. The summed E-state index contributed by atoms with van der Waals surface area (Å²) in [5.74, 6) is -0.207. The van der Waals surface area contributed by atoms with Crippen molar-refractivity contribution in [1.29, 1.82) is 0 Å². The number of thioether (sulfide) groups is 1. The van der Waals surface area contributed by atoms with Crippen LogP contribution in [0.3, 0.4) is 0 Å². The van der Waals surface area contributed by atoms with Gasteiger partial charge in [0, 0.05) is 10.6 Å². The smallest absolute Gasteiger partial charge is 0.253 e. The van der Waals surface area contributed by atoms with Crippen molar-refractivity contribution in [1.82, 2.24) is 10.4 Å². The number of carbonyl (C=O) groups excluding carboxylic acids is 1. The molecular formula is C17H14ClN3O2S2. The Bertz CT molecular complexity index is 910. The highest BCUT2D eigenvalue weighted by Crippen LogP contribution is 2.31. The van der Waals surface area contributed by atoms with Crippen LogP contribution < -0.4 is 5.43 Å². The van der Waals surface area contributed by atoms with Gasteiger partial charge < -0.3 is 5.11 Å². The first-order valence-electron chi connectivity index (χ1n) is 7.36. The molecule has 0 radical (unpaired) electrons. The summed E-state index contributed by atoms with van der Waals surface area (Å²) in [4.78, 5) is 16.6. The second-order valence-corrected chi connectivity index (χ2v) is 8.20. The van der Waals surface area contributed by atoms with Crippen LogP contribution in [0.2, 0.25) is 5.02 Å². The lowest BCUT2D eigenvalue weighted by molar-refractivity contribution is -0.120. The van der Waals surface area contributed by atoms with Crippen LogP contribution in [0.4, 0.5) is 0 Å². The molecule has 0 aliphatic rings. The Balaban J connectivity index is 1.60. The molecule has 0 aliphatic carbocycles. The molecule has 1 heterocycles. The first kappa shape index (κ1) is 17.7. The Morgan fingerprint density at radius 3 is 3.00 bits per heavy atom. The number of aromatic hydroxyl groups is 1. The van der Waals surface area contributed by atoms with Gasteiger partial charge in [-0.05, 0) is 37.3 Å². The van der Waals surface area contributed by atoms with Gasteiger partial charge in [0.2, 0.25) is 0 Å². The number of hydrogen-bond donors (Lipinski definition) is 2. The number of amides is 1. The van der Waals surface area contributed by atoms with Crippen molar-refractivity contribution in [3.8, 4) is 5.75 Å². The minimum atomic E-state index is -0.356.